The van der Waals surface area contributed by atoms with Gasteiger partial charge in [0.1, 0.15) is 5.75 Å². The van der Waals surface area contributed by atoms with Crippen LogP contribution in [0.2, 0.25) is 10.0 Å². The van der Waals surface area contributed by atoms with E-state index in [1.165, 1.54) is 12.1 Å². The summed E-state index contributed by atoms with van der Waals surface area (Å²) in [6.07, 6.45) is 0. The van der Waals surface area contributed by atoms with E-state index in [2.05, 4.69) is 21.2 Å². The zero-order valence-electron chi connectivity index (χ0n) is 16.9. The van der Waals surface area contributed by atoms with Crippen molar-refractivity contribution in [3.63, 3.8) is 0 Å². The van der Waals surface area contributed by atoms with Crippen LogP contribution in [0.5, 0.6) is 5.75 Å². The second-order valence-electron chi connectivity index (χ2n) is 6.75. The summed E-state index contributed by atoms with van der Waals surface area (Å²) in [6.45, 7) is -0.462. The van der Waals surface area contributed by atoms with Crippen LogP contribution in [0.15, 0.2) is 76.1 Å². The Morgan fingerprint density at radius 2 is 1.66 bits per heavy atom. The summed E-state index contributed by atoms with van der Waals surface area (Å²) >= 11 is 15.4. The van der Waals surface area contributed by atoms with Crippen LogP contribution in [-0.2, 0) is 21.4 Å². The van der Waals surface area contributed by atoms with Gasteiger partial charge in [0.05, 0.1) is 28.6 Å². The number of halogens is 3. The molecule has 10 heteroatoms. The number of hydrogen-bond acceptors (Lipinski definition) is 4. The molecule has 0 aliphatic rings. The highest BCUT2D eigenvalue weighted by atomic mass is 79.9. The Bertz CT molecular complexity index is 1200. The molecular formula is C22H19BrCl2N2O4S. The van der Waals surface area contributed by atoms with Crippen LogP contribution in [0.3, 0.4) is 0 Å². The zero-order valence-corrected chi connectivity index (χ0v) is 20.8. The summed E-state index contributed by atoms with van der Waals surface area (Å²) in [5.74, 6) is 0.151. The van der Waals surface area contributed by atoms with Gasteiger partial charge in [-0.1, -0.05) is 45.2 Å². The van der Waals surface area contributed by atoms with Crippen molar-refractivity contribution in [2.24, 2.45) is 0 Å². The van der Waals surface area contributed by atoms with Gasteiger partial charge in [0.15, 0.2) is 0 Å². The number of carbonyl (C=O) groups excluding carboxylic acids is 1. The van der Waals surface area contributed by atoms with E-state index >= 15 is 0 Å². The van der Waals surface area contributed by atoms with Gasteiger partial charge in [-0.2, -0.15) is 4.31 Å². The van der Waals surface area contributed by atoms with Gasteiger partial charge in [-0.05, 0) is 66.2 Å². The number of nitrogens with one attached hydrogen (secondary N) is 1. The third kappa shape index (κ3) is 6.24. The van der Waals surface area contributed by atoms with E-state index in [4.69, 9.17) is 27.9 Å². The molecule has 3 aromatic rings. The Kier molecular flexibility index (Phi) is 8.19. The minimum absolute atomic E-state index is 0.0642. The molecule has 0 aliphatic carbocycles. The van der Waals surface area contributed by atoms with Gasteiger partial charge in [-0.25, -0.2) is 8.42 Å². The van der Waals surface area contributed by atoms with Crippen LogP contribution in [0.4, 0.5) is 5.69 Å². The molecule has 0 radical (unpaired) electrons. The van der Waals surface area contributed by atoms with Gasteiger partial charge in [0.25, 0.3) is 0 Å². The maximum atomic E-state index is 13.3. The first-order valence-corrected chi connectivity index (χ1v) is 12.3. The van der Waals surface area contributed by atoms with E-state index in [1.54, 1.807) is 61.7 Å². The Morgan fingerprint density at radius 1 is 1.00 bits per heavy atom. The molecule has 0 spiro atoms. The number of amides is 1. The maximum absolute atomic E-state index is 13.3. The summed E-state index contributed by atoms with van der Waals surface area (Å²) in [4.78, 5) is 12.8. The van der Waals surface area contributed by atoms with Crippen LogP contribution in [0.25, 0.3) is 0 Å². The predicted molar refractivity (Wildman–Crippen MR) is 130 cm³/mol. The SMILES string of the molecule is COc1ccc(NC(=O)CN(Cc2ccc(Cl)c(Cl)c2)S(=O)(=O)c2ccc(Br)cc2)cc1. The van der Waals surface area contributed by atoms with Crippen molar-refractivity contribution < 1.29 is 17.9 Å². The zero-order chi connectivity index (χ0) is 23.3. The molecule has 1 N–H and O–H groups in total. The van der Waals surface area contributed by atoms with Crippen molar-refractivity contribution in [3.8, 4) is 5.75 Å². The summed E-state index contributed by atoms with van der Waals surface area (Å²) in [7, 11) is -2.44. The second kappa shape index (κ2) is 10.7. The topological polar surface area (TPSA) is 75.7 Å². The highest BCUT2D eigenvalue weighted by Gasteiger charge is 2.27. The van der Waals surface area contributed by atoms with Gasteiger partial charge in [-0.3, -0.25) is 4.79 Å². The normalized spacial score (nSPS) is 11.4. The molecule has 0 saturated heterocycles. The lowest BCUT2D eigenvalue weighted by atomic mass is 10.2. The number of methoxy groups -OCH3 is 1. The average molecular weight is 558 g/mol. The fraction of sp³-hybridized carbons (Fsp3) is 0.136. The average Bonchev–Trinajstić information content (AvgIpc) is 2.76. The standard InChI is InChI=1S/C22H19BrCl2N2O4S/c1-31-18-7-5-17(6-8-18)26-22(28)14-27(13-15-2-11-20(24)21(25)12-15)32(29,30)19-9-3-16(23)4-10-19/h2-12H,13-14H2,1H3,(H,26,28). The first-order chi connectivity index (χ1) is 15.2. The molecule has 32 heavy (non-hydrogen) atoms. The van der Waals surface area contributed by atoms with Crippen LogP contribution >= 0.6 is 39.1 Å². The van der Waals surface area contributed by atoms with E-state index in [9.17, 15) is 13.2 Å². The Morgan fingerprint density at radius 3 is 2.25 bits per heavy atom. The second-order valence-corrected chi connectivity index (χ2v) is 10.4. The number of ether oxygens (including phenoxy) is 1. The molecule has 0 atom stereocenters. The lowest BCUT2D eigenvalue weighted by molar-refractivity contribution is -0.116. The minimum Gasteiger partial charge on any atom is -0.497 e. The van der Waals surface area contributed by atoms with Gasteiger partial charge in [0, 0.05) is 16.7 Å². The smallest absolute Gasteiger partial charge is 0.243 e. The van der Waals surface area contributed by atoms with Crippen molar-refractivity contribution >= 4 is 60.7 Å². The van der Waals surface area contributed by atoms with Crippen LogP contribution in [0, 0.1) is 0 Å². The molecule has 0 bridgehead atoms. The molecule has 3 aromatic carbocycles. The summed E-state index contributed by atoms with van der Waals surface area (Å²) in [6, 6.07) is 17.8. The Labute approximate surface area is 205 Å². The van der Waals surface area contributed by atoms with E-state index in [0.29, 0.717) is 27.0 Å². The fourth-order valence-corrected chi connectivity index (χ4v) is 4.83. The molecule has 0 aromatic heterocycles. The lowest BCUT2D eigenvalue weighted by Crippen LogP contribution is -2.37. The predicted octanol–water partition coefficient (Wildman–Crippen LogP) is 5.59. The molecule has 0 saturated carbocycles. The molecule has 1 amide bonds. The van der Waals surface area contributed by atoms with Crippen LogP contribution in [0.1, 0.15) is 5.56 Å². The summed E-state index contributed by atoms with van der Waals surface area (Å²) < 4.78 is 33.6. The number of anilines is 1. The molecule has 0 aliphatic heterocycles. The Balaban J connectivity index is 1.87. The van der Waals surface area contributed by atoms with Gasteiger partial charge >= 0.3 is 0 Å². The first kappa shape index (κ1) is 24.5. The van der Waals surface area contributed by atoms with Crippen molar-refractivity contribution in [1.82, 2.24) is 4.31 Å². The molecule has 0 heterocycles. The van der Waals surface area contributed by atoms with E-state index in [0.717, 1.165) is 8.78 Å². The molecule has 0 unspecified atom stereocenters. The van der Waals surface area contributed by atoms with Gasteiger partial charge in [0.2, 0.25) is 15.9 Å². The summed E-state index contributed by atoms with van der Waals surface area (Å²) in [5.41, 5.74) is 1.11. The first-order valence-electron chi connectivity index (χ1n) is 9.32. The fourth-order valence-electron chi connectivity index (χ4n) is 2.86. The molecule has 6 nitrogen and oxygen atoms in total. The van der Waals surface area contributed by atoms with Crippen molar-refractivity contribution in [1.29, 1.82) is 0 Å². The molecule has 3 rings (SSSR count). The largest absolute Gasteiger partial charge is 0.497 e. The van der Waals surface area contributed by atoms with Gasteiger partial charge < -0.3 is 10.1 Å². The number of carbonyl (C=O) groups is 1. The highest BCUT2D eigenvalue weighted by molar-refractivity contribution is 9.10. The quantitative estimate of drug-likeness (QED) is 0.391. The van der Waals surface area contributed by atoms with E-state index in [-0.39, 0.29) is 11.4 Å². The number of nitrogens with zero attached hydrogens (tertiary/aromatic N) is 1. The molecular weight excluding hydrogens is 539 g/mol. The number of sulfonamides is 1. The number of rotatable bonds is 8. The van der Waals surface area contributed by atoms with Crippen molar-refractivity contribution in [3.05, 3.63) is 86.8 Å². The molecule has 0 fully saturated rings. The Hall–Kier alpha value is -2.10. The molecule has 168 valence electrons. The number of hydrogen-bond donors (Lipinski definition) is 1. The number of benzene rings is 3. The summed E-state index contributed by atoms with van der Waals surface area (Å²) in [5, 5.41) is 3.36. The monoisotopic (exact) mass is 556 g/mol. The van der Waals surface area contributed by atoms with Crippen molar-refractivity contribution in [2.45, 2.75) is 11.4 Å². The van der Waals surface area contributed by atoms with E-state index in [1.807, 2.05) is 0 Å². The van der Waals surface area contributed by atoms with Gasteiger partial charge in [-0.15, -0.1) is 0 Å². The van der Waals surface area contributed by atoms with Crippen molar-refractivity contribution in [2.75, 3.05) is 19.0 Å². The third-order valence-corrected chi connectivity index (χ3v) is 7.56. The highest BCUT2D eigenvalue weighted by Crippen LogP contribution is 2.26. The third-order valence-electron chi connectivity index (χ3n) is 4.49. The van der Waals surface area contributed by atoms with Crippen LogP contribution in [-0.4, -0.2) is 32.3 Å². The van der Waals surface area contributed by atoms with E-state index < -0.39 is 22.5 Å². The minimum atomic E-state index is -3.98. The maximum Gasteiger partial charge on any atom is 0.243 e. The lowest BCUT2D eigenvalue weighted by Gasteiger charge is -2.22. The van der Waals surface area contributed by atoms with Crippen LogP contribution < -0.4 is 10.1 Å².